The van der Waals surface area contributed by atoms with Crippen LogP contribution in [-0.2, 0) is 4.74 Å². The summed E-state index contributed by atoms with van der Waals surface area (Å²) in [5, 5.41) is 9.82. The van der Waals surface area contributed by atoms with Gasteiger partial charge in [0.1, 0.15) is 5.75 Å². The topological polar surface area (TPSA) is 70.6 Å². The van der Waals surface area contributed by atoms with Gasteiger partial charge in [0, 0.05) is 0 Å². The van der Waals surface area contributed by atoms with Crippen LogP contribution in [0.2, 0.25) is 0 Å². The molecule has 21 heavy (non-hydrogen) atoms. The number of phenolic OH excluding ortho intramolecular Hbond substituents is 1. The number of carbonyl (C=O) groups is 1. The number of hydrogen-bond acceptors (Lipinski definition) is 4. The van der Waals surface area contributed by atoms with Gasteiger partial charge in [-0.25, -0.2) is 10.2 Å². The predicted molar refractivity (Wildman–Crippen MR) is 81.9 cm³/mol. The van der Waals surface area contributed by atoms with E-state index < -0.39 is 6.09 Å². The molecule has 5 nitrogen and oxygen atoms in total. The van der Waals surface area contributed by atoms with Crippen molar-refractivity contribution in [1.82, 2.24) is 5.43 Å². The second-order valence-electron chi connectivity index (χ2n) is 4.80. The third kappa shape index (κ3) is 4.14. The van der Waals surface area contributed by atoms with Gasteiger partial charge in [0.05, 0.1) is 11.8 Å². The number of rotatable bonds is 4. The lowest BCUT2D eigenvalue weighted by Crippen LogP contribution is -2.31. The van der Waals surface area contributed by atoms with Crippen LogP contribution in [0.3, 0.4) is 0 Å². The van der Waals surface area contributed by atoms with E-state index in [1.165, 1.54) is 0 Å². The molecule has 110 valence electrons. The van der Waals surface area contributed by atoms with Gasteiger partial charge in [-0.05, 0) is 37.1 Å². The number of nitrogens with one attached hydrogen (secondary N) is 2. The zero-order valence-corrected chi connectivity index (χ0v) is 12.0. The molecule has 0 saturated carbocycles. The van der Waals surface area contributed by atoms with Crippen molar-refractivity contribution in [1.29, 1.82) is 0 Å². The molecule has 0 aromatic heterocycles. The molecule has 0 unspecified atom stereocenters. The van der Waals surface area contributed by atoms with Crippen LogP contribution < -0.4 is 10.9 Å². The second kappa shape index (κ2) is 6.65. The summed E-state index contributed by atoms with van der Waals surface area (Å²) >= 11 is 0. The average Bonchev–Trinajstić information content (AvgIpc) is 2.46. The molecule has 2 aromatic carbocycles. The molecule has 0 bridgehead atoms. The molecule has 0 spiro atoms. The fourth-order valence-electron chi connectivity index (χ4n) is 1.81. The number of benzene rings is 2. The summed E-state index contributed by atoms with van der Waals surface area (Å²) in [6.45, 7) is 3.51. The summed E-state index contributed by atoms with van der Waals surface area (Å²) < 4.78 is 4.93. The van der Waals surface area contributed by atoms with Crippen LogP contribution in [0.5, 0.6) is 5.75 Å². The minimum absolute atomic E-state index is 0.0412. The third-order valence-electron chi connectivity index (χ3n) is 2.75. The Balaban J connectivity index is 2.11. The van der Waals surface area contributed by atoms with E-state index in [9.17, 15) is 9.90 Å². The number of aromatic hydroxyl groups is 1. The molecule has 0 fully saturated rings. The smallest absolute Gasteiger partial charge is 0.426 e. The van der Waals surface area contributed by atoms with Crippen molar-refractivity contribution in [3.05, 3.63) is 48.5 Å². The lowest BCUT2D eigenvalue weighted by molar-refractivity contribution is 0.117. The lowest BCUT2D eigenvalue weighted by Gasteiger charge is -2.13. The van der Waals surface area contributed by atoms with Gasteiger partial charge in [-0.15, -0.1) is 0 Å². The van der Waals surface area contributed by atoms with Gasteiger partial charge in [-0.3, -0.25) is 5.43 Å². The minimum Gasteiger partial charge on any atom is -0.506 e. The summed E-state index contributed by atoms with van der Waals surface area (Å²) in [6.07, 6.45) is -0.814. The zero-order chi connectivity index (χ0) is 15.2. The van der Waals surface area contributed by atoms with E-state index >= 15 is 0 Å². The normalized spacial score (nSPS) is 10.2. The SMILES string of the molecule is CC(C)OC(=O)NNc1cc(-c2ccccc2)ccc1O. The number of hydrogen-bond donors (Lipinski definition) is 3. The van der Waals surface area contributed by atoms with Crippen LogP contribution in [0.4, 0.5) is 10.5 Å². The van der Waals surface area contributed by atoms with Crippen LogP contribution in [0.25, 0.3) is 11.1 Å². The Morgan fingerprint density at radius 1 is 1.10 bits per heavy atom. The monoisotopic (exact) mass is 286 g/mol. The van der Waals surface area contributed by atoms with Crippen molar-refractivity contribution in [2.75, 3.05) is 5.43 Å². The second-order valence-corrected chi connectivity index (χ2v) is 4.80. The maximum absolute atomic E-state index is 11.4. The van der Waals surface area contributed by atoms with Gasteiger partial charge in [0.25, 0.3) is 0 Å². The van der Waals surface area contributed by atoms with Crippen molar-refractivity contribution < 1.29 is 14.6 Å². The van der Waals surface area contributed by atoms with Crippen molar-refractivity contribution in [2.24, 2.45) is 0 Å². The Bertz CT molecular complexity index is 612. The Kier molecular flexibility index (Phi) is 4.66. The third-order valence-corrected chi connectivity index (χ3v) is 2.75. The van der Waals surface area contributed by atoms with Gasteiger partial charge < -0.3 is 9.84 Å². The molecule has 1 amide bonds. The molecule has 0 atom stereocenters. The quantitative estimate of drug-likeness (QED) is 0.594. The number of ether oxygens (including phenoxy) is 1. The molecule has 0 aliphatic rings. The Morgan fingerprint density at radius 3 is 2.48 bits per heavy atom. The number of amides is 1. The highest BCUT2D eigenvalue weighted by atomic mass is 16.6. The Morgan fingerprint density at radius 2 is 1.81 bits per heavy atom. The number of anilines is 1. The van der Waals surface area contributed by atoms with Gasteiger partial charge >= 0.3 is 6.09 Å². The number of carbonyl (C=O) groups excluding carboxylic acids is 1. The molecule has 0 saturated heterocycles. The molecule has 0 radical (unpaired) electrons. The highest BCUT2D eigenvalue weighted by molar-refractivity contribution is 5.74. The summed E-state index contributed by atoms with van der Waals surface area (Å²) in [5.41, 5.74) is 7.38. The molecule has 0 aliphatic carbocycles. The first-order valence-electron chi connectivity index (χ1n) is 6.67. The van der Waals surface area contributed by atoms with Crippen molar-refractivity contribution in [3.8, 4) is 16.9 Å². The first-order valence-corrected chi connectivity index (χ1v) is 6.67. The van der Waals surface area contributed by atoms with E-state index in [-0.39, 0.29) is 11.9 Å². The molecular weight excluding hydrogens is 268 g/mol. The number of phenols is 1. The van der Waals surface area contributed by atoms with E-state index in [0.717, 1.165) is 11.1 Å². The molecule has 3 N–H and O–H groups in total. The van der Waals surface area contributed by atoms with Gasteiger partial charge in [0.15, 0.2) is 0 Å². The lowest BCUT2D eigenvalue weighted by atomic mass is 10.1. The molecular formula is C16H18N2O3. The van der Waals surface area contributed by atoms with Gasteiger partial charge in [0.2, 0.25) is 0 Å². The standard InChI is InChI=1S/C16H18N2O3/c1-11(2)21-16(20)18-17-14-10-13(8-9-15(14)19)12-6-4-3-5-7-12/h3-11,17,19H,1-2H3,(H,18,20). The van der Waals surface area contributed by atoms with E-state index in [4.69, 9.17) is 4.74 Å². The first kappa shape index (κ1) is 14.7. The van der Waals surface area contributed by atoms with E-state index in [0.29, 0.717) is 5.69 Å². The first-order chi connectivity index (χ1) is 10.1. The fraction of sp³-hybridized carbons (Fsp3) is 0.188. The molecule has 2 rings (SSSR count). The van der Waals surface area contributed by atoms with Crippen molar-refractivity contribution in [3.63, 3.8) is 0 Å². The predicted octanol–water partition coefficient (Wildman–Crippen LogP) is 3.52. The summed E-state index contributed by atoms with van der Waals surface area (Å²) in [4.78, 5) is 11.4. The largest absolute Gasteiger partial charge is 0.506 e. The molecule has 0 aliphatic heterocycles. The van der Waals surface area contributed by atoms with Crippen LogP contribution in [0.15, 0.2) is 48.5 Å². The number of hydrazine groups is 1. The van der Waals surface area contributed by atoms with Crippen LogP contribution >= 0.6 is 0 Å². The van der Waals surface area contributed by atoms with Gasteiger partial charge in [-0.1, -0.05) is 36.4 Å². The Labute approximate surface area is 123 Å². The van der Waals surface area contributed by atoms with Crippen LogP contribution in [0, 0.1) is 0 Å². The average molecular weight is 286 g/mol. The maximum Gasteiger partial charge on any atom is 0.426 e. The summed E-state index contributed by atoms with van der Waals surface area (Å²) in [5.74, 6) is 0.0412. The van der Waals surface area contributed by atoms with Gasteiger partial charge in [-0.2, -0.15) is 0 Å². The molecule has 0 heterocycles. The van der Waals surface area contributed by atoms with E-state index in [2.05, 4.69) is 10.9 Å². The van der Waals surface area contributed by atoms with E-state index in [1.807, 2.05) is 36.4 Å². The van der Waals surface area contributed by atoms with E-state index in [1.54, 1.807) is 26.0 Å². The highest BCUT2D eigenvalue weighted by Crippen LogP contribution is 2.29. The maximum atomic E-state index is 11.4. The van der Waals surface area contributed by atoms with Crippen LogP contribution in [-0.4, -0.2) is 17.3 Å². The summed E-state index contributed by atoms with van der Waals surface area (Å²) in [6, 6.07) is 14.9. The highest BCUT2D eigenvalue weighted by Gasteiger charge is 2.07. The Hall–Kier alpha value is -2.69. The van der Waals surface area contributed by atoms with Crippen LogP contribution in [0.1, 0.15) is 13.8 Å². The fourth-order valence-corrected chi connectivity index (χ4v) is 1.81. The molecule has 2 aromatic rings. The molecule has 5 heteroatoms. The summed E-state index contributed by atoms with van der Waals surface area (Å²) in [7, 11) is 0. The van der Waals surface area contributed by atoms with Crippen molar-refractivity contribution >= 4 is 11.8 Å². The minimum atomic E-state index is -0.602. The van der Waals surface area contributed by atoms with Crippen molar-refractivity contribution in [2.45, 2.75) is 20.0 Å². The zero-order valence-electron chi connectivity index (χ0n) is 12.0.